The predicted molar refractivity (Wildman–Crippen MR) is 84.4 cm³/mol. The van der Waals surface area contributed by atoms with Gasteiger partial charge in [-0.25, -0.2) is 0 Å². The molecule has 2 N–H and O–H groups in total. The van der Waals surface area contributed by atoms with Gasteiger partial charge >= 0.3 is 0 Å². The minimum atomic E-state index is 0.272. The molecule has 21 heavy (non-hydrogen) atoms. The molecular weight excluding hydrogens is 264 g/mol. The molecule has 110 valence electrons. The van der Waals surface area contributed by atoms with Crippen molar-refractivity contribution in [1.29, 1.82) is 0 Å². The molecule has 6 nitrogen and oxygen atoms in total. The second-order valence-corrected chi connectivity index (χ2v) is 5.46. The molecule has 1 aromatic carbocycles. The van der Waals surface area contributed by atoms with E-state index in [1.54, 1.807) is 0 Å². The van der Waals surface area contributed by atoms with E-state index in [1.807, 2.05) is 19.0 Å². The number of hydrogen-bond acceptors (Lipinski definition) is 6. The van der Waals surface area contributed by atoms with Gasteiger partial charge in [-0.2, -0.15) is 15.0 Å². The zero-order valence-electron chi connectivity index (χ0n) is 12.5. The zero-order valence-corrected chi connectivity index (χ0v) is 12.5. The van der Waals surface area contributed by atoms with Crippen LogP contribution in [0.5, 0.6) is 0 Å². The Morgan fingerprint density at radius 3 is 2.81 bits per heavy atom. The summed E-state index contributed by atoms with van der Waals surface area (Å²) >= 11 is 0. The van der Waals surface area contributed by atoms with Crippen LogP contribution in [-0.4, -0.2) is 35.6 Å². The number of nitrogens with two attached hydrogens (primary N) is 1. The number of benzene rings is 1. The molecule has 1 aliphatic rings. The standard InChI is InChI=1S/C15H20N6/c1-20(2)15-18-13(17-14(16)19-15)10-21-9-5-7-11-6-3-4-8-12(11)21/h3-4,6,8H,5,7,9-10H2,1-2H3,(H2,16,17,18,19). The third-order valence-electron chi connectivity index (χ3n) is 3.63. The number of fused-ring (bicyclic) bond motifs is 1. The van der Waals surface area contributed by atoms with Crippen molar-refractivity contribution >= 4 is 17.6 Å². The highest BCUT2D eigenvalue weighted by molar-refractivity contribution is 5.55. The fourth-order valence-electron chi connectivity index (χ4n) is 2.64. The van der Waals surface area contributed by atoms with E-state index < -0.39 is 0 Å². The van der Waals surface area contributed by atoms with Crippen molar-refractivity contribution in [2.24, 2.45) is 0 Å². The van der Waals surface area contributed by atoms with Crippen LogP contribution in [0.1, 0.15) is 17.8 Å². The monoisotopic (exact) mass is 284 g/mol. The van der Waals surface area contributed by atoms with Crippen LogP contribution in [0.3, 0.4) is 0 Å². The van der Waals surface area contributed by atoms with E-state index in [1.165, 1.54) is 11.3 Å². The molecule has 0 saturated heterocycles. The first-order valence-electron chi connectivity index (χ1n) is 7.14. The van der Waals surface area contributed by atoms with E-state index in [9.17, 15) is 0 Å². The number of nitrogens with zero attached hydrogens (tertiary/aromatic N) is 5. The first-order chi connectivity index (χ1) is 10.1. The Hall–Kier alpha value is -2.37. The number of nitrogen functional groups attached to an aromatic ring is 1. The van der Waals surface area contributed by atoms with Crippen molar-refractivity contribution in [1.82, 2.24) is 15.0 Å². The lowest BCUT2D eigenvalue weighted by Gasteiger charge is -2.30. The summed E-state index contributed by atoms with van der Waals surface area (Å²) in [5, 5.41) is 0. The summed E-state index contributed by atoms with van der Waals surface area (Å²) in [6, 6.07) is 8.51. The molecule has 0 radical (unpaired) electrons. The lowest BCUT2D eigenvalue weighted by Crippen LogP contribution is -2.30. The normalized spacial score (nSPS) is 13.9. The Bertz CT molecular complexity index is 640. The molecule has 2 heterocycles. The van der Waals surface area contributed by atoms with Crippen molar-refractivity contribution in [2.45, 2.75) is 19.4 Å². The van der Waals surface area contributed by atoms with Crippen LogP contribution >= 0.6 is 0 Å². The smallest absolute Gasteiger partial charge is 0.229 e. The van der Waals surface area contributed by atoms with Crippen LogP contribution in [-0.2, 0) is 13.0 Å². The van der Waals surface area contributed by atoms with Gasteiger partial charge in [0.25, 0.3) is 0 Å². The molecule has 2 aromatic rings. The molecule has 0 bridgehead atoms. The van der Waals surface area contributed by atoms with Gasteiger partial charge in [0.1, 0.15) is 0 Å². The predicted octanol–water partition coefficient (Wildman–Crippen LogP) is 1.47. The third-order valence-corrected chi connectivity index (χ3v) is 3.63. The van der Waals surface area contributed by atoms with Crippen molar-refractivity contribution < 1.29 is 0 Å². The lowest BCUT2D eigenvalue weighted by molar-refractivity contribution is 0.671. The number of para-hydroxylation sites is 1. The van der Waals surface area contributed by atoms with Gasteiger partial charge in [0.15, 0.2) is 5.82 Å². The number of aryl methyl sites for hydroxylation is 1. The van der Waals surface area contributed by atoms with Gasteiger partial charge in [0.05, 0.1) is 6.54 Å². The highest BCUT2D eigenvalue weighted by Crippen LogP contribution is 2.27. The van der Waals surface area contributed by atoms with Gasteiger partial charge in [-0.3, -0.25) is 0 Å². The molecule has 1 aliphatic heterocycles. The van der Waals surface area contributed by atoms with Crippen LogP contribution in [0.15, 0.2) is 24.3 Å². The van der Waals surface area contributed by atoms with Crippen molar-refractivity contribution in [3.63, 3.8) is 0 Å². The molecule has 0 unspecified atom stereocenters. The number of hydrogen-bond donors (Lipinski definition) is 1. The molecule has 0 atom stereocenters. The Morgan fingerprint density at radius 2 is 2.00 bits per heavy atom. The molecule has 1 aromatic heterocycles. The third kappa shape index (κ3) is 2.89. The quantitative estimate of drug-likeness (QED) is 0.920. The van der Waals surface area contributed by atoms with E-state index in [2.05, 4.69) is 44.1 Å². The second kappa shape index (κ2) is 5.55. The molecule has 0 spiro atoms. The summed E-state index contributed by atoms with van der Waals surface area (Å²) in [4.78, 5) is 17.0. The Labute approximate surface area is 124 Å². The Kier molecular flexibility index (Phi) is 3.60. The van der Waals surface area contributed by atoms with Crippen LogP contribution in [0.25, 0.3) is 0 Å². The van der Waals surface area contributed by atoms with Crippen LogP contribution < -0.4 is 15.5 Å². The fourth-order valence-corrected chi connectivity index (χ4v) is 2.64. The molecule has 0 fully saturated rings. The summed E-state index contributed by atoms with van der Waals surface area (Å²) in [7, 11) is 3.80. The second-order valence-electron chi connectivity index (χ2n) is 5.46. The van der Waals surface area contributed by atoms with Crippen LogP contribution in [0.2, 0.25) is 0 Å². The molecule has 6 heteroatoms. The molecule has 3 rings (SSSR count). The van der Waals surface area contributed by atoms with Crippen LogP contribution in [0.4, 0.5) is 17.6 Å². The first kappa shape index (κ1) is 13.6. The Balaban J connectivity index is 1.88. The number of aromatic nitrogens is 3. The lowest BCUT2D eigenvalue weighted by atomic mass is 10.0. The topological polar surface area (TPSA) is 71.2 Å². The maximum absolute atomic E-state index is 5.79. The largest absolute Gasteiger partial charge is 0.368 e. The molecular formula is C15H20N6. The Morgan fingerprint density at radius 1 is 1.19 bits per heavy atom. The average Bonchev–Trinajstić information content (AvgIpc) is 2.47. The minimum Gasteiger partial charge on any atom is -0.368 e. The molecule has 0 amide bonds. The van der Waals surface area contributed by atoms with Gasteiger partial charge in [0.2, 0.25) is 11.9 Å². The summed E-state index contributed by atoms with van der Waals surface area (Å²) in [6.07, 6.45) is 2.28. The van der Waals surface area contributed by atoms with E-state index in [-0.39, 0.29) is 5.95 Å². The van der Waals surface area contributed by atoms with Gasteiger partial charge in [-0.1, -0.05) is 18.2 Å². The maximum Gasteiger partial charge on any atom is 0.229 e. The maximum atomic E-state index is 5.79. The van der Waals surface area contributed by atoms with Crippen molar-refractivity contribution in [3.05, 3.63) is 35.7 Å². The highest BCUT2D eigenvalue weighted by Gasteiger charge is 2.18. The average molecular weight is 284 g/mol. The van der Waals surface area contributed by atoms with E-state index in [4.69, 9.17) is 5.73 Å². The zero-order chi connectivity index (χ0) is 14.8. The summed E-state index contributed by atoms with van der Waals surface area (Å²) in [6.45, 7) is 1.67. The van der Waals surface area contributed by atoms with E-state index >= 15 is 0 Å². The SMILES string of the molecule is CN(C)c1nc(N)nc(CN2CCCc3ccccc32)n1. The number of rotatable bonds is 3. The molecule has 0 aliphatic carbocycles. The van der Waals surface area contributed by atoms with E-state index in [0.717, 1.165) is 19.4 Å². The summed E-state index contributed by atoms with van der Waals surface area (Å²) in [5.41, 5.74) is 8.45. The van der Waals surface area contributed by atoms with Gasteiger partial charge in [-0.15, -0.1) is 0 Å². The van der Waals surface area contributed by atoms with Gasteiger partial charge < -0.3 is 15.5 Å². The molecule has 0 saturated carbocycles. The van der Waals surface area contributed by atoms with Crippen LogP contribution in [0, 0.1) is 0 Å². The van der Waals surface area contributed by atoms with E-state index in [0.29, 0.717) is 18.3 Å². The highest BCUT2D eigenvalue weighted by atomic mass is 15.3. The first-order valence-corrected chi connectivity index (χ1v) is 7.14. The van der Waals surface area contributed by atoms with Gasteiger partial charge in [-0.05, 0) is 24.5 Å². The van der Waals surface area contributed by atoms with Crippen molar-refractivity contribution in [2.75, 3.05) is 36.2 Å². The van der Waals surface area contributed by atoms with Crippen molar-refractivity contribution in [3.8, 4) is 0 Å². The van der Waals surface area contributed by atoms with Gasteiger partial charge in [0, 0.05) is 26.3 Å². The minimum absolute atomic E-state index is 0.272. The summed E-state index contributed by atoms with van der Waals surface area (Å²) in [5.74, 6) is 1.58. The number of anilines is 3. The summed E-state index contributed by atoms with van der Waals surface area (Å²) < 4.78 is 0. The fraction of sp³-hybridized carbons (Fsp3) is 0.400.